The van der Waals surface area contributed by atoms with Crippen molar-refractivity contribution in [1.82, 2.24) is 4.98 Å². The zero-order valence-electron chi connectivity index (χ0n) is 10.2. The molecule has 0 aromatic carbocycles. The number of hydrogen-bond acceptors (Lipinski definition) is 4. The molecule has 0 amide bonds. The van der Waals surface area contributed by atoms with Gasteiger partial charge in [0.1, 0.15) is 5.56 Å². The van der Waals surface area contributed by atoms with E-state index in [2.05, 4.69) is 9.47 Å². The van der Waals surface area contributed by atoms with E-state index in [1.165, 1.54) is 11.9 Å². The van der Waals surface area contributed by atoms with E-state index >= 15 is 0 Å². The van der Waals surface area contributed by atoms with Gasteiger partial charge in [-0.25, -0.2) is 4.79 Å². The third kappa shape index (κ3) is 4.39. The number of rotatable bonds is 3. The summed E-state index contributed by atoms with van der Waals surface area (Å²) in [6.07, 6.45) is -10.7. The summed E-state index contributed by atoms with van der Waals surface area (Å²) in [7, 11) is 0. The van der Waals surface area contributed by atoms with E-state index < -0.39 is 41.1 Å². The Labute approximate surface area is 112 Å². The molecule has 0 atom stereocenters. The van der Waals surface area contributed by atoms with Crippen molar-refractivity contribution in [2.45, 2.75) is 19.5 Å². The van der Waals surface area contributed by atoms with Crippen LogP contribution in [0.1, 0.15) is 22.8 Å². The van der Waals surface area contributed by atoms with E-state index in [0.717, 1.165) is 0 Å². The lowest BCUT2D eigenvalue weighted by Crippen LogP contribution is -2.26. The number of pyridine rings is 1. The molecule has 0 bridgehead atoms. The van der Waals surface area contributed by atoms with Crippen LogP contribution in [0.25, 0.3) is 0 Å². The minimum absolute atomic E-state index is 0.0600. The van der Waals surface area contributed by atoms with Crippen LogP contribution in [0.4, 0.5) is 26.3 Å². The molecule has 118 valence electrons. The molecule has 1 rings (SSSR count). The van der Waals surface area contributed by atoms with E-state index in [4.69, 9.17) is 0 Å². The number of halogens is 6. The molecule has 1 N–H and O–H groups in total. The molecule has 11 heteroatoms. The molecule has 0 spiro atoms. The number of H-pyrrole nitrogens is 1. The van der Waals surface area contributed by atoms with Gasteiger partial charge in [0.2, 0.25) is 5.88 Å². The predicted molar refractivity (Wildman–Crippen MR) is 54.7 cm³/mol. The van der Waals surface area contributed by atoms with Crippen molar-refractivity contribution >= 4 is 5.97 Å². The van der Waals surface area contributed by atoms with Crippen molar-refractivity contribution in [3.63, 3.8) is 0 Å². The fourth-order valence-electron chi connectivity index (χ4n) is 1.36. The standard InChI is InChI=1S/C10H7F6NO4/c1-2-20-8(19)6-4(9(11,12)13)3-5(18)17-7(6)21-10(14,15)16/h3H,2H2,1H3,(H,17,18). The van der Waals surface area contributed by atoms with Crippen LogP contribution in [0.2, 0.25) is 0 Å². The molecule has 0 aliphatic heterocycles. The van der Waals surface area contributed by atoms with Gasteiger partial charge in [0, 0.05) is 6.07 Å². The van der Waals surface area contributed by atoms with Crippen LogP contribution in [0.3, 0.4) is 0 Å². The number of carbonyl (C=O) groups excluding carboxylic acids is 1. The van der Waals surface area contributed by atoms with Gasteiger partial charge in [0.05, 0.1) is 12.2 Å². The molecule has 0 saturated carbocycles. The van der Waals surface area contributed by atoms with Crippen molar-refractivity contribution < 1.29 is 40.6 Å². The summed E-state index contributed by atoms with van der Waals surface area (Å²) in [4.78, 5) is 23.8. The van der Waals surface area contributed by atoms with Crippen LogP contribution in [0, 0.1) is 0 Å². The molecule has 1 aromatic heterocycles. The van der Waals surface area contributed by atoms with Crippen molar-refractivity contribution in [1.29, 1.82) is 0 Å². The lowest BCUT2D eigenvalue weighted by Gasteiger charge is -2.16. The second kappa shape index (κ2) is 5.66. The second-order valence-electron chi connectivity index (χ2n) is 3.52. The van der Waals surface area contributed by atoms with Gasteiger partial charge in [-0.05, 0) is 6.92 Å². The zero-order valence-corrected chi connectivity index (χ0v) is 10.2. The topological polar surface area (TPSA) is 68.4 Å². The average molecular weight is 319 g/mol. The maximum Gasteiger partial charge on any atom is 0.574 e. The number of ether oxygens (including phenoxy) is 2. The molecule has 1 aromatic rings. The lowest BCUT2D eigenvalue weighted by molar-refractivity contribution is -0.276. The molecule has 0 aliphatic carbocycles. The molecule has 1 heterocycles. The number of aromatic nitrogens is 1. The Balaban J connectivity index is 3.58. The van der Waals surface area contributed by atoms with Gasteiger partial charge in [0.25, 0.3) is 5.56 Å². The number of nitrogens with one attached hydrogen (secondary N) is 1. The summed E-state index contributed by atoms with van der Waals surface area (Å²) in [6, 6.07) is -0.0600. The Morgan fingerprint density at radius 2 is 1.81 bits per heavy atom. The van der Waals surface area contributed by atoms with Crippen LogP contribution in [-0.4, -0.2) is 23.9 Å². The van der Waals surface area contributed by atoms with Gasteiger partial charge in [-0.1, -0.05) is 0 Å². The predicted octanol–water partition coefficient (Wildman–Crippen LogP) is 2.47. The third-order valence-electron chi connectivity index (χ3n) is 2.01. The summed E-state index contributed by atoms with van der Waals surface area (Å²) >= 11 is 0. The summed E-state index contributed by atoms with van der Waals surface area (Å²) in [6.45, 7) is 0.849. The number of esters is 1. The van der Waals surface area contributed by atoms with Gasteiger partial charge in [-0.3, -0.25) is 9.78 Å². The first kappa shape index (κ1) is 16.9. The summed E-state index contributed by atoms with van der Waals surface area (Å²) in [5, 5.41) is 0. The summed E-state index contributed by atoms with van der Waals surface area (Å²) in [5.74, 6) is -3.39. The minimum atomic E-state index is -5.41. The number of carbonyl (C=O) groups is 1. The molecule has 0 aliphatic rings. The van der Waals surface area contributed by atoms with Gasteiger partial charge >= 0.3 is 18.5 Å². The van der Waals surface area contributed by atoms with Crippen molar-refractivity contribution in [3.8, 4) is 5.88 Å². The Morgan fingerprint density at radius 3 is 2.24 bits per heavy atom. The molecule has 0 radical (unpaired) electrons. The summed E-state index contributed by atoms with van der Waals surface area (Å²) in [5.41, 5.74) is -4.96. The Morgan fingerprint density at radius 1 is 1.24 bits per heavy atom. The van der Waals surface area contributed by atoms with Crippen molar-refractivity contribution in [2.24, 2.45) is 0 Å². The van der Waals surface area contributed by atoms with Gasteiger partial charge in [0.15, 0.2) is 0 Å². The highest BCUT2D eigenvalue weighted by molar-refractivity contribution is 5.93. The van der Waals surface area contributed by atoms with Crippen LogP contribution in [-0.2, 0) is 10.9 Å². The molecule has 21 heavy (non-hydrogen) atoms. The fourth-order valence-corrected chi connectivity index (χ4v) is 1.36. The highest BCUT2D eigenvalue weighted by Crippen LogP contribution is 2.36. The maximum absolute atomic E-state index is 12.7. The first-order valence-corrected chi connectivity index (χ1v) is 5.23. The van der Waals surface area contributed by atoms with E-state index in [-0.39, 0.29) is 12.7 Å². The third-order valence-corrected chi connectivity index (χ3v) is 2.01. The molecule has 0 saturated heterocycles. The normalized spacial score (nSPS) is 12.1. The highest BCUT2D eigenvalue weighted by Gasteiger charge is 2.41. The largest absolute Gasteiger partial charge is 0.574 e. The fraction of sp³-hybridized carbons (Fsp3) is 0.400. The van der Waals surface area contributed by atoms with E-state index in [9.17, 15) is 35.9 Å². The van der Waals surface area contributed by atoms with Crippen molar-refractivity contribution in [3.05, 3.63) is 27.5 Å². The molecule has 5 nitrogen and oxygen atoms in total. The smallest absolute Gasteiger partial charge is 0.462 e. The number of hydrogen-bond donors (Lipinski definition) is 1. The van der Waals surface area contributed by atoms with Crippen LogP contribution in [0.15, 0.2) is 10.9 Å². The Hall–Kier alpha value is -2.20. The maximum atomic E-state index is 12.7. The Kier molecular flexibility index (Phi) is 4.54. The van der Waals surface area contributed by atoms with Crippen molar-refractivity contribution in [2.75, 3.05) is 6.61 Å². The highest BCUT2D eigenvalue weighted by atomic mass is 19.4. The monoisotopic (exact) mass is 319 g/mol. The zero-order chi connectivity index (χ0) is 16.4. The van der Waals surface area contributed by atoms with E-state index in [1.807, 2.05) is 0 Å². The Bertz CT molecular complexity index is 589. The van der Waals surface area contributed by atoms with E-state index in [0.29, 0.717) is 0 Å². The molecular formula is C10H7F6NO4. The van der Waals surface area contributed by atoms with Crippen LogP contribution >= 0.6 is 0 Å². The minimum Gasteiger partial charge on any atom is -0.462 e. The average Bonchev–Trinajstić information content (AvgIpc) is 2.24. The first-order valence-electron chi connectivity index (χ1n) is 5.23. The van der Waals surface area contributed by atoms with Gasteiger partial charge in [-0.2, -0.15) is 13.2 Å². The van der Waals surface area contributed by atoms with Gasteiger partial charge < -0.3 is 9.47 Å². The lowest BCUT2D eigenvalue weighted by atomic mass is 10.1. The molecular weight excluding hydrogens is 312 g/mol. The molecule has 0 unspecified atom stereocenters. The summed E-state index contributed by atoms with van der Waals surface area (Å²) < 4.78 is 82.2. The first-order chi connectivity index (χ1) is 9.45. The SMILES string of the molecule is CCOC(=O)c1c(C(F)(F)F)cc(=O)[nH]c1OC(F)(F)F. The van der Waals surface area contributed by atoms with E-state index in [1.54, 1.807) is 0 Å². The second-order valence-corrected chi connectivity index (χ2v) is 3.52. The number of alkyl halides is 6. The quantitative estimate of drug-likeness (QED) is 0.686. The molecule has 0 fully saturated rings. The van der Waals surface area contributed by atoms with Gasteiger partial charge in [-0.15, -0.1) is 13.2 Å². The number of aromatic amines is 1. The van der Waals surface area contributed by atoms with Crippen LogP contribution in [0.5, 0.6) is 5.88 Å². The van der Waals surface area contributed by atoms with Crippen LogP contribution < -0.4 is 10.3 Å².